The van der Waals surface area contributed by atoms with Crippen molar-refractivity contribution in [3.8, 4) is 0 Å². The van der Waals surface area contributed by atoms with Crippen molar-refractivity contribution in [2.45, 2.75) is 19.8 Å². The van der Waals surface area contributed by atoms with E-state index in [9.17, 15) is 0 Å². The van der Waals surface area contributed by atoms with Crippen molar-refractivity contribution in [2.24, 2.45) is 0 Å². The quantitative estimate of drug-likeness (QED) is 0.763. The number of hydrogen-bond acceptors (Lipinski definition) is 1. The Bertz CT molecular complexity index is 354. The van der Waals surface area contributed by atoms with Crippen LogP contribution >= 0.6 is 0 Å². The van der Waals surface area contributed by atoms with Crippen LogP contribution in [0.3, 0.4) is 0 Å². The molecule has 1 rings (SSSR count). The summed E-state index contributed by atoms with van der Waals surface area (Å²) in [5.41, 5.74) is 2.45. The molecule has 0 saturated heterocycles. The van der Waals surface area contributed by atoms with Gasteiger partial charge in [-0.25, -0.2) is 0 Å². The highest BCUT2D eigenvalue weighted by atomic mass is 14.8. The van der Waals surface area contributed by atoms with E-state index in [0.29, 0.717) is 5.92 Å². The lowest BCUT2D eigenvalue weighted by Crippen LogP contribution is -1.85. The highest BCUT2D eigenvalue weighted by molar-refractivity contribution is 5.40. The maximum atomic E-state index is 3.13. The summed E-state index contributed by atoms with van der Waals surface area (Å²) in [5.74, 6) is 0.556. The number of hydrogen-bond donors (Lipinski definition) is 1. The fraction of sp³-hybridized carbons (Fsp3) is 0.286. The minimum absolute atomic E-state index is 0.556. The number of anilines is 1. The van der Waals surface area contributed by atoms with Crippen molar-refractivity contribution in [1.29, 1.82) is 0 Å². The third-order valence-corrected chi connectivity index (χ3v) is 2.31. The Labute approximate surface area is 92.5 Å². The molecule has 15 heavy (non-hydrogen) atoms. The predicted molar refractivity (Wildman–Crippen MR) is 67.7 cm³/mol. The largest absolute Gasteiger partial charge is 0.388 e. The first-order valence-electron chi connectivity index (χ1n) is 5.35. The molecule has 0 spiro atoms. The Hall–Kier alpha value is -1.50. The first kappa shape index (κ1) is 11.6. The molecule has 1 aromatic carbocycles. The minimum atomic E-state index is 0.556. The third-order valence-electron chi connectivity index (χ3n) is 2.31. The van der Waals surface area contributed by atoms with Gasteiger partial charge in [-0.05, 0) is 23.6 Å². The molecule has 0 aromatic heterocycles. The van der Waals surface area contributed by atoms with Crippen LogP contribution in [0.2, 0.25) is 0 Å². The molecule has 0 amide bonds. The zero-order valence-corrected chi connectivity index (χ0v) is 9.70. The molecule has 1 nitrogen and oxygen atoms in total. The van der Waals surface area contributed by atoms with E-state index >= 15 is 0 Å². The van der Waals surface area contributed by atoms with E-state index in [1.807, 2.05) is 19.2 Å². The Morgan fingerprint density at radius 1 is 0.867 bits per heavy atom. The van der Waals surface area contributed by atoms with Crippen LogP contribution in [0.15, 0.2) is 48.5 Å². The van der Waals surface area contributed by atoms with Crippen LogP contribution in [0, 0.1) is 0 Å². The molecule has 0 aliphatic rings. The van der Waals surface area contributed by atoms with Gasteiger partial charge in [0.1, 0.15) is 0 Å². The predicted octanol–water partition coefficient (Wildman–Crippen LogP) is 3.98. The Kier molecular flexibility index (Phi) is 4.69. The van der Waals surface area contributed by atoms with Gasteiger partial charge in [0.2, 0.25) is 0 Å². The zero-order chi connectivity index (χ0) is 11.1. The Morgan fingerprint density at radius 2 is 1.47 bits per heavy atom. The van der Waals surface area contributed by atoms with Gasteiger partial charge in [-0.15, -0.1) is 0 Å². The van der Waals surface area contributed by atoms with E-state index < -0.39 is 0 Å². The summed E-state index contributed by atoms with van der Waals surface area (Å²) in [7, 11) is 1.93. The van der Waals surface area contributed by atoms with E-state index in [1.165, 1.54) is 5.56 Å². The molecular weight excluding hydrogens is 182 g/mol. The summed E-state index contributed by atoms with van der Waals surface area (Å²) < 4.78 is 0. The molecule has 0 aliphatic carbocycles. The Morgan fingerprint density at radius 3 is 2.13 bits per heavy atom. The molecule has 0 aliphatic heterocycles. The zero-order valence-electron chi connectivity index (χ0n) is 9.70. The van der Waals surface area contributed by atoms with Crippen LogP contribution in [0.1, 0.15) is 25.3 Å². The molecule has 1 N–H and O–H groups in total. The van der Waals surface area contributed by atoms with E-state index in [2.05, 4.69) is 55.6 Å². The lowest BCUT2D eigenvalue weighted by atomic mass is 10.1. The van der Waals surface area contributed by atoms with E-state index in [0.717, 1.165) is 5.69 Å². The maximum absolute atomic E-state index is 3.13. The second kappa shape index (κ2) is 6.07. The molecule has 0 fully saturated rings. The van der Waals surface area contributed by atoms with Crippen molar-refractivity contribution >= 4 is 5.69 Å². The van der Waals surface area contributed by atoms with Gasteiger partial charge in [0, 0.05) is 12.7 Å². The van der Waals surface area contributed by atoms with Gasteiger partial charge in [0.25, 0.3) is 0 Å². The molecule has 0 radical (unpaired) electrons. The summed E-state index contributed by atoms with van der Waals surface area (Å²) in [6.07, 6.45) is 0. The van der Waals surface area contributed by atoms with Crippen molar-refractivity contribution < 1.29 is 0 Å². The maximum Gasteiger partial charge on any atom is 0.0337 e. The average molecular weight is 201 g/mol. The van der Waals surface area contributed by atoms with Crippen LogP contribution in [0.4, 0.5) is 5.69 Å². The summed E-state index contributed by atoms with van der Waals surface area (Å²) in [4.78, 5) is 0. The van der Waals surface area contributed by atoms with Crippen molar-refractivity contribution in [3.05, 3.63) is 54.1 Å². The standard InChI is InChI=1S/C14H19N/c1-12(2)13-8-5-4-6-10-14(15-3)11-7-9-13/h4-12,15H,1-3H3. The van der Waals surface area contributed by atoms with Gasteiger partial charge in [-0.3, -0.25) is 0 Å². The van der Waals surface area contributed by atoms with Crippen molar-refractivity contribution in [3.63, 3.8) is 0 Å². The fourth-order valence-corrected chi connectivity index (χ4v) is 1.32. The lowest BCUT2D eigenvalue weighted by molar-refractivity contribution is 0.868. The van der Waals surface area contributed by atoms with Gasteiger partial charge in [0.05, 0.1) is 0 Å². The first-order chi connectivity index (χ1) is 7.24. The number of nitrogens with one attached hydrogen (secondary N) is 1. The van der Waals surface area contributed by atoms with E-state index in [-0.39, 0.29) is 0 Å². The Balaban J connectivity index is 3.18. The van der Waals surface area contributed by atoms with Crippen LogP contribution in [-0.2, 0) is 0 Å². The van der Waals surface area contributed by atoms with Gasteiger partial charge in [-0.1, -0.05) is 50.2 Å². The van der Waals surface area contributed by atoms with Gasteiger partial charge in [0.15, 0.2) is 0 Å². The SMILES string of the molecule is CNc1cccccc(C(C)C)ccc1. The molecule has 0 atom stereocenters. The van der Waals surface area contributed by atoms with Crippen molar-refractivity contribution in [1.82, 2.24) is 0 Å². The highest BCUT2D eigenvalue weighted by Crippen LogP contribution is 2.11. The molecule has 80 valence electrons. The van der Waals surface area contributed by atoms with Gasteiger partial charge < -0.3 is 5.32 Å². The van der Waals surface area contributed by atoms with Gasteiger partial charge in [-0.2, -0.15) is 0 Å². The normalized spacial score (nSPS) is 9.60. The van der Waals surface area contributed by atoms with Crippen LogP contribution < -0.4 is 5.32 Å². The monoisotopic (exact) mass is 201 g/mol. The lowest BCUT2D eigenvalue weighted by Gasteiger charge is -2.01. The minimum Gasteiger partial charge on any atom is -0.388 e. The third kappa shape index (κ3) is 4.03. The van der Waals surface area contributed by atoms with Crippen LogP contribution in [-0.4, -0.2) is 7.05 Å². The smallest absolute Gasteiger partial charge is 0.0337 e. The van der Waals surface area contributed by atoms with E-state index in [4.69, 9.17) is 0 Å². The fourth-order valence-electron chi connectivity index (χ4n) is 1.32. The second-order valence-electron chi connectivity index (χ2n) is 3.80. The molecule has 1 heteroatoms. The summed E-state index contributed by atoms with van der Waals surface area (Å²) in [6.45, 7) is 4.41. The molecule has 0 heterocycles. The van der Waals surface area contributed by atoms with E-state index in [1.54, 1.807) is 0 Å². The topological polar surface area (TPSA) is 12.0 Å². The molecule has 1 aromatic rings. The van der Waals surface area contributed by atoms with Crippen LogP contribution in [0.5, 0.6) is 0 Å². The summed E-state index contributed by atoms with van der Waals surface area (Å²) in [6, 6.07) is 16.7. The molecule has 0 unspecified atom stereocenters. The summed E-state index contributed by atoms with van der Waals surface area (Å²) in [5, 5.41) is 3.13. The van der Waals surface area contributed by atoms with Gasteiger partial charge >= 0.3 is 0 Å². The highest BCUT2D eigenvalue weighted by Gasteiger charge is 1.92. The second-order valence-corrected chi connectivity index (χ2v) is 3.80. The molecule has 0 bridgehead atoms. The average Bonchev–Trinajstić information content (AvgIpc) is 2.24. The first-order valence-corrected chi connectivity index (χ1v) is 5.35. The molecule has 0 saturated carbocycles. The van der Waals surface area contributed by atoms with Crippen LogP contribution in [0.25, 0.3) is 0 Å². The molecular formula is C14H19N. The van der Waals surface area contributed by atoms with Crippen molar-refractivity contribution in [2.75, 3.05) is 12.4 Å². The summed E-state index contributed by atoms with van der Waals surface area (Å²) >= 11 is 0. The number of rotatable bonds is 2.